The SMILES string of the molecule is C#CC(CC)NC(C)CCCC(F)(F)F. The third-order valence-electron chi connectivity index (χ3n) is 2.19. The van der Waals surface area contributed by atoms with Gasteiger partial charge in [-0.1, -0.05) is 12.8 Å². The van der Waals surface area contributed by atoms with Crippen LogP contribution in [0.4, 0.5) is 13.2 Å². The molecule has 1 nitrogen and oxygen atoms in total. The Kier molecular flexibility index (Phi) is 6.42. The molecule has 0 aromatic rings. The second-order valence-electron chi connectivity index (χ2n) is 3.70. The second-order valence-corrected chi connectivity index (χ2v) is 3.70. The van der Waals surface area contributed by atoms with Crippen molar-refractivity contribution in [2.75, 3.05) is 0 Å². The van der Waals surface area contributed by atoms with Crippen molar-refractivity contribution in [3.8, 4) is 12.3 Å². The van der Waals surface area contributed by atoms with E-state index in [9.17, 15) is 13.2 Å². The molecule has 0 rings (SSSR count). The van der Waals surface area contributed by atoms with E-state index in [1.165, 1.54) is 0 Å². The van der Waals surface area contributed by atoms with Gasteiger partial charge < -0.3 is 5.32 Å². The van der Waals surface area contributed by atoms with Crippen molar-refractivity contribution in [3.63, 3.8) is 0 Å². The van der Waals surface area contributed by atoms with Gasteiger partial charge in [0.15, 0.2) is 0 Å². The van der Waals surface area contributed by atoms with Gasteiger partial charge in [0.25, 0.3) is 0 Å². The lowest BCUT2D eigenvalue weighted by Crippen LogP contribution is -2.35. The van der Waals surface area contributed by atoms with Crippen LogP contribution in [0.2, 0.25) is 0 Å². The molecule has 0 fully saturated rings. The van der Waals surface area contributed by atoms with E-state index in [-0.39, 0.29) is 18.5 Å². The molecule has 88 valence electrons. The minimum absolute atomic E-state index is 0.0355. The zero-order valence-corrected chi connectivity index (χ0v) is 9.19. The maximum atomic E-state index is 11.8. The smallest absolute Gasteiger partial charge is 0.301 e. The molecule has 0 saturated carbocycles. The summed E-state index contributed by atoms with van der Waals surface area (Å²) in [6.45, 7) is 3.80. The molecule has 2 atom stereocenters. The van der Waals surface area contributed by atoms with Crippen LogP contribution in [0.5, 0.6) is 0 Å². The largest absolute Gasteiger partial charge is 0.389 e. The predicted octanol–water partition coefficient (Wildman–Crippen LogP) is 3.11. The van der Waals surface area contributed by atoms with Gasteiger partial charge in [-0.05, 0) is 26.2 Å². The van der Waals surface area contributed by atoms with Crippen LogP contribution in [0.3, 0.4) is 0 Å². The van der Waals surface area contributed by atoms with Crippen molar-refractivity contribution >= 4 is 0 Å². The molecule has 0 aliphatic rings. The van der Waals surface area contributed by atoms with Gasteiger partial charge in [0.1, 0.15) is 0 Å². The predicted molar refractivity (Wildman–Crippen MR) is 55.4 cm³/mol. The monoisotopic (exact) mass is 221 g/mol. The van der Waals surface area contributed by atoms with Gasteiger partial charge in [0.05, 0.1) is 6.04 Å². The first-order valence-corrected chi connectivity index (χ1v) is 5.18. The molecule has 0 amide bonds. The number of nitrogens with one attached hydrogen (secondary N) is 1. The molecule has 0 bridgehead atoms. The van der Waals surface area contributed by atoms with E-state index in [1.54, 1.807) is 0 Å². The molecule has 0 saturated heterocycles. The topological polar surface area (TPSA) is 12.0 Å². The van der Waals surface area contributed by atoms with Crippen molar-refractivity contribution in [1.29, 1.82) is 0 Å². The summed E-state index contributed by atoms with van der Waals surface area (Å²) in [5.41, 5.74) is 0. The fraction of sp³-hybridized carbons (Fsp3) is 0.818. The van der Waals surface area contributed by atoms with Crippen LogP contribution in [0.25, 0.3) is 0 Å². The molecule has 0 heterocycles. The highest BCUT2D eigenvalue weighted by Crippen LogP contribution is 2.22. The summed E-state index contributed by atoms with van der Waals surface area (Å²) in [5.74, 6) is 2.56. The van der Waals surface area contributed by atoms with Crippen LogP contribution in [0.1, 0.15) is 39.5 Å². The van der Waals surface area contributed by atoms with Gasteiger partial charge in [-0.15, -0.1) is 6.42 Å². The van der Waals surface area contributed by atoms with Crippen LogP contribution in [-0.2, 0) is 0 Å². The molecule has 0 radical (unpaired) electrons. The van der Waals surface area contributed by atoms with Gasteiger partial charge >= 0.3 is 6.18 Å². The van der Waals surface area contributed by atoms with Crippen LogP contribution >= 0.6 is 0 Å². The highest BCUT2D eigenvalue weighted by molar-refractivity contribution is 4.98. The second kappa shape index (κ2) is 6.73. The lowest BCUT2D eigenvalue weighted by molar-refractivity contribution is -0.135. The van der Waals surface area contributed by atoms with Crippen molar-refractivity contribution in [1.82, 2.24) is 5.32 Å². The number of terminal acetylenes is 1. The van der Waals surface area contributed by atoms with E-state index in [0.29, 0.717) is 6.42 Å². The minimum Gasteiger partial charge on any atom is -0.301 e. The molecule has 15 heavy (non-hydrogen) atoms. The standard InChI is InChI=1S/C11H18F3N/c1-4-10(5-2)15-9(3)7-6-8-11(12,13)14/h1,9-10,15H,5-8H2,2-3H3. The molecule has 0 spiro atoms. The molecule has 0 aliphatic heterocycles. The highest BCUT2D eigenvalue weighted by Gasteiger charge is 2.26. The Morgan fingerprint density at radius 2 is 2.00 bits per heavy atom. The maximum absolute atomic E-state index is 11.8. The highest BCUT2D eigenvalue weighted by atomic mass is 19.4. The Labute approximate surface area is 89.4 Å². The third-order valence-corrected chi connectivity index (χ3v) is 2.19. The summed E-state index contributed by atoms with van der Waals surface area (Å²) >= 11 is 0. The molecular weight excluding hydrogens is 203 g/mol. The summed E-state index contributed by atoms with van der Waals surface area (Å²) < 4.78 is 35.5. The number of hydrogen-bond acceptors (Lipinski definition) is 1. The number of halogens is 3. The summed E-state index contributed by atoms with van der Waals surface area (Å²) in [4.78, 5) is 0. The van der Waals surface area contributed by atoms with E-state index in [2.05, 4.69) is 11.2 Å². The molecule has 0 aliphatic carbocycles. The van der Waals surface area contributed by atoms with Crippen molar-refractivity contribution < 1.29 is 13.2 Å². The lowest BCUT2D eigenvalue weighted by atomic mass is 10.1. The molecule has 0 aromatic heterocycles. The third kappa shape index (κ3) is 8.31. The van der Waals surface area contributed by atoms with Gasteiger partial charge in [-0.3, -0.25) is 0 Å². The Morgan fingerprint density at radius 1 is 1.40 bits per heavy atom. The van der Waals surface area contributed by atoms with Crippen molar-refractivity contribution in [2.24, 2.45) is 0 Å². The Morgan fingerprint density at radius 3 is 2.40 bits per heavy atom. The van der Waals surface area contributed by atoms with Gasteiger partial charge in [-0.25, -0.2) is 0 Å². The molecule has 0 aromatic carbocycles. The minimum atomic E-state index is -4.05. The average Bonchev–Trinajstić information content (AvgIpc) is 2.12. The van der Waals surface area contributed by atoms with Crippen LogP contribution < -0.4 is 5.32 Å². The molecular formula is C11H18F3N. The molecule has 4 heteroatoms. The van der Waals surface area contributed by atoms with Crippen molar-refractivity contribution in [2.45, 2.75) is 57.8 Å². The normalized spacial score (nSPS) is 15.7. The maximum Gasteiger partial charge on any atom is 0.389 e. The molecule has 1 N–H and O–H groups in total. The van der Waals surface area contributed by atoms with E-state index in [4.69, 9.17) is 6.42 Å². The Balaban J connectivity index is 3.67. The summed E-state index contributed by atoms with van der Waals surface area (Å²) in [7, 11) is 0. The Hall–Kier alpha value is -0.690. The quantitative estimate of drug-likeness (QED) is 0.679. The van der Waals surface area contributed by atoms with Gasteiger partial charge in [-0.2, -0.15) is 13.2 Å². The van der Waals surface area contributed by atoms with E-state index >= 15 is 0 Å². The number of alkyl halides is 3. The lowest BCUT2D eigenvalue weighted by Gasteiger charge is -2.18. The summed E-state index contributed by atoms with van der Waals surface area (Å²) in [6.07, 6.45) is 1.92. The van der Waals surface area contributed by atoms with Gasteiger partial charge in [0.2, 0.25) is 0 Å². The number of rotatable bonds is 6. The number of hydrogen-bond donors (Lipinski definition) is 1. The van der Waals surface area contributed by atoms with Crippen molar-refractivity contribution in [3.05, 3.63) is 0 Å². The van der Waals surface area contributed by atoms with Crippen LogP contribution in [0, 0.1) is 12.3 Å². The summed E-state index contributed by atoms with van der Waals surface area (Å²) in [6, 6.07) is -0.000707. The average molecular weight is 221 g/mol. The zero-order chi connectivity index (χ0) is 11.9. The van der Waals surface area contributed by atoms with Crippen LogP contribution in [-0.4, -0.2) is 18.3 Å². The Bertz CT molecular complexity index is 205. The fourth-order valence-electron chi connectivity index (χ4n) is 1.32. The van der Waals surface area contributed by atoms with E-state index in [0.717, 1.165) is 6.42 Å². The first-order chi connectivity index (χ1) is 6.89. The zero-order valence-electron chi connectivity index (χ0n) is 9.19. The fourth-order valence-corrected chi connectivity index (χ4v) is 1.32. The van der Waals surface area contributed by atoms with E-state index < -0.39 is 12.6 Å². The first kappa shape index (κ1) is 14.3. The molecule has 2 unspecified atom stereocenters. The first-order valence-electron chi connectivity index (χ1n) is 5.18. The van der Waals surface area contributed by atoms with Gasteiger partial charge in [0, 0.05) is 12.5 Å². The van der Waals surface area contributed by atoms with E-state index in [1.807, 2.05) is 13.8 Å². The van der Waals surface area contributed by atoms with Crippen LogP contribution in [0.15, 0.2) is 0 Å². The summed E-state index contributed by atoms with van der Waals surface area (Å²) in [5, 5.41) is 3.10.